The molecule has 4 nitrogen and oxygen atoms in total. The molecule has 0 saturated heterocycles. The Kier molecular flexibility index (Phi) is 4.23. The highest BCUT2D eigenvalue weighted by Gasteiger charge is 2.32. The van der Waals surface area contributed by atoms with Crippen molar-refractivity contribution < 1.29 is 9.53 Å². The molecule has 2 atom stereocenters. The Morgan fingerprint density at radius 1 is 1.41 bits per heavy atom. The number of aromatic nitrogens is 1. The van der Waals surface area contributed by atoms with Gasteiger partial charge in [-0.05, 0) is 30.7 Å². The number of halogens is 2. The van der Waals surface area contributed by atoms with Crippen LogP contribution in [0.3, 0.4) is 0 Å². The van der Waals surface area contributed by atoms with Gasteiger partial charge < -0.3 is 10.1 Å². The van der Waals surface area contributed by atoms with Gasteiger partial charge in [0.15, 0.2) is 0 Å². The van der Waals surface area contributed by atoms with E-state index in [9.17, 15) is 4.79 Å². The first kappa shape index (κ1) is 15.1. The lowest BCUT2D eigenvalue weighted by molar-refractivity contribution is -0.123. The van der Waals surface area contributed by atoms with Gasteiger partial charge >= 0.3 is 0 Å². The van der Waals surface area contributed by atoms with Crippen LogP contribution in [0.15, 0.2) is 36.5 Å². The van der Waals surface area contributed by atoms with Gasteiger partial charge in [-0.3, -0.25) is 4.79 Å². The SMILES string of the molecule is C[C@@H](NC(=O)[C@H]1COc2ncccc21)c1ccc(Cl)cc1Cl. The van der Waals surface area contributed by atoms with Crippen LogP contribution in [-0.2, 0) is 4.79 Å². The number of carbonyl (C=O) groups excluding carboxylic acids is 1. The predicted molar refractivity (Wildman–Crippen MR) is 85.5 cm³/mol. The molecule has 0 fully saturated rings. The lowest BCUT2D eigenvalue weighted by atomic mass is 10.0. The third kappa shape index (κ3) is 2.89. The molecular weight excluding hydrogens is 323 g/mol. The summed E-state index contributed by atoms with van der Waals surface area (Å²) in [6.07, 6.45) is 1.65. The molecule has 2 heterocycles. The average molecular weight is 337 g/mol. The minimum atomic E-state index is -0.350. The second kappa shape index (κ2) is 6.15. The first-order chi connectivity index (χ1) is 10.6. The highest BCUT2D eigenvalue weighted by atomic mass is 35.5. The van der Waals surface area contributed by atoms with E-state index in [2.05, 4.69) is 10.3 Å². The number of rotatable bonds is 3. The van der Waals surface area contributed by atoms with Gasteiger partial charge in [0.25, 0.3) is 0 Å². The summed E-state index contributed by atoms with van der Waals surface area (Å²) >= 11 is 12.1. The zero-order valence-electron chi connectivity index (χ0n) is 11.8. The number of amides is 1. The summed E-state index contributed by atoms with van der Waals surface area (Å²) in [5, 5.41) is 4.06. The van der Waals surface area contributed by atoms with Crippen LogP contribution in [0.1, 0.15) is 30.0 Å². The maximum Gasteiger partial charge on any atom is 0.231 e. The van der Waals surface area contributed by atoms with E-state index in [1.807, 2.05) is 19.1 Å². The number of hydrogen-bond donors (Lipinski definition) is 1. The van der Waals surface area contributed by atoms with E-state index < -0.39 is 0 Å². The second-order valence-electron chi connectivity index (χ2n) is 5.16. The second-order valence-corrected chi connectivity index (χ2v) is 6.00. The van der Waals surface area contributed by atoms with E-state index in [0.29, 0.717) is 22.5 Å². The molecule has 0 spiro atoms. The van der Waals surface area contributed by atoms with Crippen molar-refractivity contribution in [2.24, 2.45) is 0 Å². The Morgan fingerprint density at radius 3 is 3.00 bits per heavy atom. The van der Waals surface area contributed by atoms with Gasteiger partial charge in [-0.25, -0.2) is 4.98 Å². The fourth-order valence-corrected chi connectivity index (χ4v) is 3.07. The smallest absolute Gasteiger partial charge is 0.231 e. The summed E-state index contributed by atoms with van der Waals surface area (Å²) in [6, 6.07) is 8.67. The molecule has 6 heteroatoms. The first-order valence-electron chi connectivity index (χ1n) is 6.89. The number of pyridine rings is 1. The van der Waals surface area contributed by atoms with E-state index in [4.69, 9.17) is 27.9 Å². The van der Waals surface area contributed by atoms with Crippen molar-refractivity contribution >= 4 is 29.1 Å². The molecule has 0 aliphatic carbocycles. The Hall–Kier alpha value is -1.78. The molecule has 2 aromatic rings. The van der Waals surface area contributed by atoms with Crippen molar-refractivity contribution in [2.45, 2.75) is 18.9 Å². The molecule has 114 valence electrons. The third-order valence-electron chi connectivity index (χ3n) is 3.67. The van der Waals surface area contributed by atoms with E-state index in [0.717, 1.165) is 11.1 Å². The molecule has 1 N–H and O–H groups in total. The zero-order valence-corrected chi connectivity index (χ0v) is 13.4. The molecule has 1 aliphatic rings. The summed E-state index contributed by atoms with van der Waals surface area (Å²) in [4.78, 5) is 16.6. The van der Waals surface area contributed by atoms with Crippen LogP contribution >= 0.6 is 23.2 Å². The molecular formula is C16H14Cl2N2O2. The number of ether oxygens (including phenoxy) is 1. The van der Waals surface area contributed by atoms with Gasteiger partial charge in [0.2, 0.25) is 11.8 Å². The molecule has 1 amide bonds. The van der Waals surface area contributed by atoms with Gasteiger partial charge in [-0.15, -0.1) is 0 Å². The van der Waals surface area contributed by atoms with Crippen LogP contribution in [0.25, 0.3) is 0 Å². The average Bonchev–Trinajstić information content (AvgIpc) is 2.91. The normalized spacial score (nSPS) is 17.5. The number of hydrogen-bond acceptors (Lipinski definition) is 3. The Labute approximate surface area is 138 Å². The lowest BCUT2D eigenvalue weighted by Gasteiger charge is -2.18. The zero-order chi connectivity index (χ0) is 15.7. The van der Waals surface area contributed by atoms with E-state index in [-0.39, 0.29) is 17.9 Å². The molecule has 22 heavy (non-hydrogen) atoms. The summed E-state index contributed by atoms with van der Waals surface area (Å²) in [6.45, 7) is 2.19. The Morgan fingerprint density at radius 2 is 2.23 bits per heavy atom. The highest BCUT2D eigenvalue weighted by Crippen LogP contribution is 2.32. The van der Waals surface area contributed by atoms with E-state index >= 15 is 0 Å². The van der Waals surface area contributed by atoms with Crippen molar-refractivity contribution in [1.29, 1.82) is 0 Å². The van der Waals surface area contributed by atoms with Crippen LogP contribution in [0.2, 0.25) is 10.0 Å². The van der Waals surface area contributed by atoms with Crippen LogP contribution in [0, 0.1) is 0 Å². The number of benzene rings is 1. The molecule has 0 bridgehead atoms. The molecule has 0 unspecified atom stereocenters. The standard InChI is InChI=1S/C16H14Cl2N2O2/c1-9(11-5-4-10(17)7-14(11)18)20-15(21)13-8-22-16-12(13)3-2-6-19-16/h2-7,9,13H,8H2,1H3,(H,20,21)/t9-,13+/m1/s1. The predicted octanol–water partition coefficient (Wildman–Crippen LogP) is 3.74. The largest absolute Gasteiger partial charge is 0.476 e. The van der Waals surface area contributed by atoms with E-state index in [1.54, 1.807) is 24.4 Å². The Balaban J connectivity index is 1.75. The van der Waals surface area contributed by atoms with Crippen LogP contribution in [-0.4, -0.2) is 17.5 Å². The lowest BCUT2D eigenvalue weighted by Crippen LogP contribution is -2.32. The monoisotopic (exact) mass is 336 g/mol. The maximum absolute atomic E-state index is 12.5. The summed E-state index contributed by atoms with van der Waals surface area (Å²) in [5.41, 5.74) is 1.64. The number of fused-ring (bicyclic) bond motifs is 1. The number of nitrogens with zero attached hydrogens (tertiary/aromatic N) is 1. The minimum absolute atomic E-state index is 0.106. The van der Waals surface area contributed by atoms with Crippen molar-refractivity contribution in [2.75, 3.05) is 6.61 Å². The molecule has 0 radical (unpaired) electrons. The van der Waals surface area contributed by atoms with Crippen molar-refractivity contribution in [3.8, 4) is 5.88 Å². The van der Waals surface area contributed by atoms with Crippen LogP contribution in [0.4, 0.5) is 0 Å². The molecule has 1 aliphatic heterocycles. The van der Waals surface area contributed by atoms with Gasteiger partial charge in [-0.2, -0.15) is 0 Å². The van der Waals surface area contributed by atoms with Crippen LogP contribution < -0.4 is 10.1 Å². The van der Waals surface area contributed by atoms with Gasteiger partial charge in [0.05, 0.1) is 6.04 Å². The Bertz CT molecular complexity index is 721. The van der Waals surface area contributed by atoms with Gasteiger partial charge in [0, 0.05) is 21.8 Å². The summed E-state index contributed by atoms with van der Waals surface area (Å²) in [5.74, 6) is 0.0716. The first-order valence-corrected chi connectivity index (χ1v) is 7.65. The fourth-order valence-electron chi connectivity index (χ4n) is 2.50. The van der Waals surface area contributed by atoms with Crippen molar-refractivity contribution in [3.63, 3.8) is 0 Å². The highest BCUT2D eigenvalue weighted by molar-refractivity contribution is 6.35. The summed E-state index contributed by atoms with van der Waals surface area (Å²) < 4.78 is 5.44. The number of carbonyl (C=O) groups is 1. The third-order valence-corrected chi connectivity index (χ3v) is 4.23. The van der Waals surface area contributed by atoms with Gasteiger partial charge in [0.1, 0.15) is 12.5 Å². The molecule has 1 aromatic heterocycles. The molecule has 1 aromatic carbocycles. The summed E-state index contributed by atoms with van der Waals surface area (Å²) in [7, 11) is 0. The van der Waals surface area contributed by atoms with Crippen LogP contribution in [0.5, 0.6) is 5.88 Å². The van der Waals surface area contributed by atoms with E-state index in [1.165, 1.54) is 0 Å². The quantitative estimate of drug-likeness (QED) is 0.928. The molecule has 3 rings (SSSR count). The minimum Gasteiger partial charge on any atom is -0.476 e. The number of nitrogens with one attached hydrogen (secondary N) is 1. The van der Waals surface area contributed by atoms with Crippen molar-refractivity contribution in [1.82, 2.24) is 10.3 Å². The topological polar surface area (TPSA) is 51.2 Å². The maximum atomic E-state index is 12.5. The van der Waals surface area contributed by atoms with Crippen molar-refractivity contribution in [3.05, 3.63) is 57.7 Å². The fraction of sp³-hybridized carbons (Fsp3) is 0.250. The van der Waals surface area contributed by atoms with Gasteiger partial charge in [-0.1, -0.05) is 35.3 Å². The molecule has 0 saturated carbocycles.